The molecule has 3 nitrogen and oxygen atoms in total. The summed E-state index contributed by atoms with van der Waals surface area (Å²) in [4.78, 5) is 0. The maximum atomic E-state index is 5.89. The molecule has 0 aliphatic carbocycles. The minimum absolute atomic E-state index is 0.445. The molecule has 0 aromatic heterocycles. The van der Waals surface area contributed by atoms with E-state index in [1.807, 2.05) is 48.6 Å². The van der Waals surface area contributed by atoms with Gasteiger partial charge in [0.2, 0.25) is 0 Å². The highest BCUT2D eigenvalue weighted by atomic mass is 14.7. The average molecular weight is 225 g/mol. The van der Waals surface area contributed by atoms with Crippen LogP contribution in [-0.4, -0.2) is 0 Å². The SMILES string of the molecule is Nc1ccc(C=Cc2ccccc2)c(N)c1N. The van der Waals surface area contributed by atoms with Crippen LogP contribution in [0.1, 0.15) is 11.1 Å². The molecule has 2 rings (SSSR count). The molecule has 2 aromatic rings. The van der Waals surface area contributed by atoms with Gasteiger partial charge in [-0.1, -0.05) is 48.6 Å². The maximum absolute atomic E-state index is 5.89. The van der Waals surface area contributed by atoms with Crippen molar-refractivity contribution in [2.75, 3.05) is 17.2 Å². The summed E-state index contributed by atoms with van der Waals surface area (Å²) < 4.78 is 0. The van der Waals surface area contributed by atoms with E-state index in [2.05, 4.69) is 0 Å². The zero-order valence-corrected chi connectivity index (χ0v) is 9.43. The predicted octanol–water partition coefficient (Wildman–Crippen LogP) is 2.60. The molecule has 0 unspecified atom stereocenters. The van der Waals surface area contributed by atoms with E-state index in [-0.39, 0.29) is 0 Å². The van der Waals surface area contributed by atoms with Crippen LogP contribution < -0.4 is 17.2 Å². The Morgan fingerprint density at radius 3 is 2.12 bits per heavy atom. The standard InChI is InChI=1S/C14H15N3/c15-12-9-8-11(13(16)14(12)17)7-6-10-4-2-1-3-5-10/h1-9H,15-17H2. The highest BCUT2D eigenvalue weighted by Crippen LogP contribution is 2.27. The molecule has 6 N–H and O–H groups in total. The van der Waals surface area contributed by atoms with Crippen molar-refractivity contribution in [2.45, 2.75) is 0 Å². The van der Waals surface area contributed by atoms with Gasteiger partial charge in [0, 0.05) is 0 Å². The number of anilines is 3. The van der Waals surface area contributed by atoms with E-state index < -0.39 is 0 Å². The smallest absolute Gasteiger partial charge is 0.0787 e. The van der Waals surface area contributed by atoms with Crippen molar-refractivity contribution in [1.82, 2.24) is 0 Å². The van der Waals surface area contributed by atoms with Crippen molar-refractivity contribution >= 4 is 29.2 Å². The molecule has 0 heterocycles. The Morgan fingerprint density at radius 2 is 1.41 bits per heavy atom. The molecule has 3 heteroatoms. The van der Waals surface area contributed by atoms with E-state index in [4.69, 9.17) is 17.2 Å². The fraction of sp³-hybridized carbons (Fsp3) is 0. The third-order valence-electron chi connectivity index (χ3n) is 2.61. The first kappa shape index (κ1) is 11.1. The Balaban J connectivity index is 2.31. The Hall–Kier alpha value is -2.42. The zero-order valence-electron chi connectivity index (χ0n) is 9.43. The van der Waals surface area contributed by atoms with Crippen LogP contribution in [-0.2, 0) is 0 Å². The molecular formula is C14H15N3. The van der Waals surface area contributed by atoms with Gasteiger partial charge in [0.1, 0.15) is 0 Å². The average Bonchev–Trinajstić information content (AvgIpc) is 2.36. The van der Waals surface area contributed by atoms with Crippen molar-refractivity contribution in [3.05, 3.63) is 53.6 Å². The summed E-state index contributed by atoms with van der Waals surface area (Å²) in [5.41, 5.74) is 20.8. The lowest BCUT2D eigenvalue weighted by atomic mass is 10.1. The summed E-state index contributed by atoms with van der Waals surface area (Å²) in [6.45, 7) is 0. The van der Waals surface area contributed by atoms with Crippen LogP contribution in [0.15, 0.2) is 42.5 Å². The molecule has 0 fully saturated rings. The fourth-order valence-electron chi connectivity index (χ4n) is 1.57. The van der Waals surface area contributed by atoms with Crippen LogP contribution in [0.25, 0.3) is 12.2 Å². The van der Waals surface area contributed by atoms with Crippen molar-refractivity contribution in [1.29, 1.82) is 0 Å². The van der Waals surface area contributed by atoms with Gasteiger partial charge in [-0.25, -0.2) is 0 Å². The van der Waals surface area contributed by atoms with E-state index in [1.54, 1.807) is 6.07 Å². The molecule has 0 amide bonds. The van der Waals surface area contributed by atoms with Crippen molar-refractivity contribution in [3.8, 4) is 0 Å². The molecule has 2 aromatic carbocycles. The molecule has 0 radical (unpaired) electrons. The van der Waals surface area contributed by atoms with Gasteiger partial charge in [-0.3, -0.25) is 0 Å². The summed E-state index contributed by atoms with van der Waals surface area (Å²) in [6, 6.07) is 13.6. The first-order valence-corrected chi connectivity index (χ1v) is 5.35. The van der Waals surface area contributed by atoms with Crippen LogP contribution >= 0.6 is 0 Å². The Morgan fingerprint density at radius 1 is 0.706 bits per heavy atom. The number of hydrogen-bond acceptors (Lipinski definition) is 3. The van der Waals surface area contributed by atoms with Crippen molar-refractivity contribution < 1.29 is 0 Å². The monoisotopic (exact) mass is 225 g/mol. The molecule has 0 saturated heterocycles. The van der Waals surface area contributed by atoms with E-state index in [9.17, 15) is 0 Å². The van der Waals surface area contributed by atoms with Gasteiger partial charge in [-0.05, 0) is 17.2 Å². The molecule has 0 spiro atoms. The van der Waals surface area contributed by atoms with Gasteiger partial charge in [0.05, 0.1) is 17.1 Å². The highest BCUT2D eigenvalue weighted by Gasteiger charge is 2.02. The minimum Gasteiger partial charge on any atom is -0.397 e. The highest BCUT2D eigenvalue weighted by molar-refractivity contribution is 5.87. The minimum atomic E-state index is 0.445. The normalized spacial score (nSPS) is 10.8. The molecule has 0 aliphatic rings. The van der Waals surface area contributed by atoms with Gasteiger partial charge in [0.25, 0.3) is 0 Å². The second-order valence-corrected chi connectivity index (χ2v) is 3.82. The molecule has 0 bridgehead atoms. The maximum Gasteiger partial charge on any atom is 0.0787 e. The van der Waals surface area contributed by atoms with Gasteiger partial charge < -0.3 is 17.2 Å². The third kappa shape index (κ3) is 2.39. The summed E-state index contributed by atoms with van der Waals surface area (Å²) in [6.07, 6.45) is 3.92. The van der Waals surface area contributed by atoms with Gasteiger partial charge in [-0.15, -0.1) is 0 Å². The number of hydrogen-bond donors (Lipinski definition) is 3. The largest absolute Gasteiger partial charge is 0.397 e. The van der Waals surface area contributed by atoms with Crippen molar-refractivity contribution in [2.24, 2.45) is 0 Å². The Bertz CT molecular complexity index is 545. The van der Waals surface area contributed by atoms with Crippen LogP contribution in [0.3, 0.4) is 0 Å². The van der Waals surface area contributed by atoms with Gasteiger partial charge in [-0.2, -0.15) is 0 Å². The molecule has 0 aliphatic heterocycles. The molecule has 0 atom stereocenters. The fourth-order valence-corrected chi connectivity index (χ4v) is 1.57. The number of benzene rings is 2. The summed E-state index contributed by atoms with van der Waals surface area (Å²) >= 11 is 0. The quantitative estimate of drug-likeness (QED) is 0.543. The molecule has 86 valence electrons. The second-order valence-electron chi connectivity index (χ2n) is 3.82. The first-order valence-electron chi connectivity index (χ1n) is 5.35. The molecule has 0 saturated carbocycles. The van der Waals surface area contributed by atoms with Crippen LogP contribution in [0.2, 0.25) is 0 Å². The lowest BCUT2D eigenvalue weighted by Crippen LogP contribution is -2.01. The second kappa shape index (κ2) is 4.61. The first-order chi connectivity index (χ1) is 8.18. The molecule has 17 heavy (non-hydrogen) atoms. The predicted molar refractivity (Wildman–Crippen MR) is 75.0 cm³/mol. The molecular weight excluding hydrogens is 210 g/mol. The van der Waals surface area contributed by atoms with E-state index >= 15 is 0 Å². The lowest BCUT2D eigenvalue weighted by Gasteiger charge is -2.06. The van der Waals surface area contributed by atoms with E-state index in [0.717, 1.165) is 11.1 Å². The van der Waals surface area contributed by atoms with Crippen LogP contribution in [0.4, 0.5) is 17.1 Å². The van der Waals surface area contributed by atoms with Crippen LogP contribution in [0, 0.1) is 0 Å². The van der Waals surface area contributed by atoms with Crippen LogP contribution in [0.5, 0.6) is 0 Å². The van der Waals surface area contributed by atoms with E-state index in [0.29, 0.717) is 17.1 Å². The van der Waals surface area contributed by atoms with Crippen molar-refractivity contribution in [3.63, 3.8) is 0 Å². The van der Waals surface area contributed by atoms with E-state index in [1.165, 1.54) is 0 Å². The lowest BCUT2D eigenvalue weighted by molar-refractivity contribution is 1.61. The number of nitrogen functional groups attached to an aromatic ring is 3. The van der Waals surface area contributed by atoms with Gasteiger partial charge >= 0.3 is 0 Å². The summed E-state index contributed by atoms with van der Waals surface area (Å²) in [7, 11) is 0. The third-order valence-corrected chi connectivity index (χ3v) is 2.61. The Labute approximate surface area is 101 Å². The zero-order chi connectivity index (χ0) is 12.3. The summed E-state index contributed by atoms with van der Waals surface area (Å²) in [5.74, 6) is 0. The Kier molecular flexibility index (Phi) is 3.01. The number of rotatable bonds is 2. The number of nitrogens with two attached hydrogens (primary N) is 3. The topological polar surface area (TPSA) is 78.1 Å². The summed E-state index contributed by atoms with van der Waals surface area (Å²) in [5, 5.41) is 0. The van der Waals surface area contributed by atoms with Gasteiger partial charge in [0.15, 0.2) is 0 Å².